The third kappa shape index (κ3) is 4.29. The molecule has 22 heavy (non-hydrogen) atoms. The molecule has 0 radical (unpaired) electrons. The van der Waals surface area contributed by atoms with Crippen LogP contribution in [-0.2, 0) is 11.3 Å². The minimum Gasteiger partial charge on any atom is -0.362 e. The SMILES string of the molecule is C#CCCC1(CCC(=O)NCc2cccnc2N(C)C)N=N1. The van der Waals surface area contributed by atoms with Crippen molar-refractivity contribution in [1.82, 2.24) is 10.3 Å². The van der Waals surface area contributed by atoms with E-state index in [1.54, 1.807) is 6.20 Å². The number of aromatic nitrogens is 1. The van der Waals surface area contributed by atoms with E-state index in [4.69, 9.17) is 6.42 Å². The van der Waals surface area contributed by atoms with Crippen LogP contribution in [0, 0.1) is 12.3 Å². The first kappa shape index (κ1) is 16.0. The highest BCUT2D eigenvalue weighted by Crippen LogP contribution is 2.37. The lowest BCUT2D eigenvalue weighted by Crippen LogP contribution is -2.26. The van der Waals surface area contributed by atoms with Gasteiger partial charge in [-0.3, -0.25) is 4.79 Å². The van der Waals surface area contributed by atoms with Gasteiger partial charge in [-0.1, -0.05) is 6.07 Å². The first-order valence-electron chi connectivity index (χ1n) is 7.32. The summed E-state index contributed by atoms with van der Waals surface area (Å²) in [6.45, 7) is 0.464. The zero-order chi connectivity index (χ0) is 16.0. The number of terminal acetylenes is 1. The van der Waals surface area contributed by atoms with Gasteiger partial charge in [0.2, 0.25) is 5.91 Å². The van der Waals surface area contributed by atoms with E-state index in [0.717, 1.165) is 17.8 Å². The molecule has 0 aliphatic carbocycles. The number of amides is 1. The van der Waals surface area contributed by atoms with E-state index in [9.17, 15) is 4.79 Å². The van der Waals surface area contributed by atoms with Crippen LogP contribution in [-0.4, -0.2) is 30.6 Å². The minimum atomic E-state index is -0.396. The second kappa shape index (κ2) is 7.03. The second-order valence-corrected chi connectivity index (χ2v) is 5.54. The van der Waals surface area contributed by atoms with Gasteiger partial charge in [0.25, 0.3) is 0 Å². The summed E-state index contributed by atoms with van der Waals surface area (Å²) in [5.41, 5.74) is 0.594. The van der Waals surface area contributed by atoms with Crippen LogP contribution in [0.2, 0.25) is 0 Å². The molecule has 0 atom stereocenters. The highest BCUT2D eigenvalue weighted by Gasteiger charge is 2.39. The number of nitrogens with zero attached hydrogens (tertiary/aromatic N) is 4. The number of hydrogen-bond donors (Lipinski definition) is 1. The highest BCUT2D eigenvalue weighted by molar-refractivity contribution is 5.76. The van der Waals surface area contributed by atoms with Crippen LogP contribution in [0.1, 0.15) is 31.2 Å². The fourth-order valence-corrected chi connectivity index (χ4v) is 2.23. The Hall–Kier alpha value is -2.42. The lowest BCUT2D eigenvalue weighted by atomic mass is 10.0. The van der Waals surface area contributed by atoms with E-state index in [2.05, 4.69) is 26.4 Å². The van der Waals surface area contributed by atoms with E-state index >= 15 is 0 Å². The van der Waals surface area contributed by atoms with Crippen molar-refractivity contribution in [3.63, 3.8) is 0 Å². The Morgan fingerprint density at radius 3 is 2.82 bits per heavy atom. The van der Waals surface area contributed by atoms with Gasteiger partial charge < -0.3 is 10.2 Å². The summed E-state index contributed by atoms with van der Waals surface area (Å²) in [6.07, 6.45) is 9.37. The Labute approximate surface area is 131 Å². The van der Waals surface area contributed by atoms with Crippen molar-refractivity contribution in [3.8, 4) is 12.3 Å². The Bertz CT molecular complexity index is 597. The summed E-state index contributed by atoms with van der Waals surface area (Å²) in [4.78, 5) is 18.2. The molecule has 0 unspecified atom stereocenters. The molecule has 0 fully saturated rings. The summed E-state index contributed by atoms with van der Waals surface area (Å²) < 4.78 is 0. The van der Waals surface area contributed by atoms with E-state index in [1.165, 1.54) is 0 Å². The van der Waals surface area contributed by atoms with E-state index in [0.29, 0.717) is 25.8 Å². The molecule has 0 bridgehead atoms. The number of nitrogens with one attached hydrogen (secondary N) is 1. The molecule has 0 spiro atoms. The van der Waals surface area contributed by atoms with Gasteiger partial charge in [0, 0.05) is 58.1 Å². The minimum absolute atomic E-state index is 0.00839. The molecule has 0 saturated carbocycles. The van der Waals surface area contributed by atoms with Crippen molar-refractivity contribution in [1.29, 1.82) is 0 Å². The van der Waals surface area contributed by atoms with Gasteiger partial charge >= 0.3 is 0 Å². The molecular formula is C16H21N5O. The predicted molar refractivity (Wildman–Crippen MR) is 85.3 cm³/mol. The standard InChI is InChI=1S/C16H21N5O/c1-4-5-9-16(19-20-16)10-8-14(22)18-12-13-7-6-11-17-15(13)21(2)3/h1,6-7,11H,5,8-10,12H2,2-3H3,(H,18,22). The van der Waals surface area contributed by atoms with E-state index < -0.39 is 5.66 Å². The molecule has 6 nitrogen and oxygen atoms in total. The number of pyridine rings is 1. The molecule has 0 saturated heterocycles. The van der Waals surface area contributed by atoms with Gasteiger partial charge in [0.05, 0.1) is 0 Å². The van der Waals surface area contributed by atoms with Crippen molar-refractivity contribution in [2.75, 3.05) is 19.0 Å². The monoisotopic (exact) mass is 299 g/mol. The number of carbonyl (C=O) groups is 1. The highest BCUT2D eigenvalue weighted by atomic mass is 16.1. The number of anilines is 1. The normalized spacial score (nSPS) is 14.2. The Kier molecular flexibility index (Phi) is 5.10. The average Bonchev–Trinajstić information content (AvgIpc) is 3.29. The number of hydrogen-bond acceptors (Lipinski definition) is 5. The van der Waals surface area contributed by atoms with Crippen LogP contribution >= 0.6 is 0 Å². The summed E-state index contributed by atoms with van der Waals surface area (Å²) in [7, 11) is 3.86. The Morgan fingerprint density at radius 2 is 2.18 bits per heavy atom. The van der Waals surface area contributed by atoms with Crippen molar-refractivity contribution < 1.29 is 4.79 Å². The van der Waals surface area contributed by atoms with E-state index in [-0.39, 0.29) is 5.91 Å². The number of carbonyl (C=O) groups excluding carboxylic acids is 1. The first-order chi connectivity index (χ1) is 10.6. The Balaban J connectivity index is 1.78. The van der Waals surface area contributed by atoms with Gasteiger partial charge in [-0.05, 0) is 6.07 Å². The third-order valence-electron chi connectivity index (χ3n) is 3.57. The molecular weight excluding hydrogens is 278 g/mol. The summed E-state index contributed by atoms with van der Waals surface area (Å²) in [5, 5.41) is 11.0. The van der Waals surface area contributed by atoms with Crippen molar-refractivity contribution in [2.45, 2.75) is 37.9 Å². The molecule has 2 heterocycles. The maximum atomic E-state index is 12.0. The molecule has 0 aromatic carbocycles. The van der Waals surface area contributed by atoms with Crippen LogP contribution in [0.25, 0.3) is 0 Å². The van der Waals surface area contributed by atoms with Crippen molar-refractivity contribution >= 4 is 11.7 Å². The average molecular weight is 299 g/mol. The largest absolute Gasteiger partial charge is 0.362 e. The quantitative estimate of drug-likeness (QED) is 0.747. The lowest BCUT2D eigenvalue weighted by Gasteiger charge is -2.16. The van der Waals surface area contributed by atoms with Gasteiger partial charge in [-0.2, -0.15) is 10.2 Å². The maximum Gasteiger partial charge on any atom is 0.220 e. The van der Waals surface area contributed by atoms with E-state index in [1.807, 2.05) is 31.1 Å². The Morgan fingerprint density at radius 1 is 1.41 bits per heavy atom. The second-order valence-electron chi connectivity index (χ2n) is 5.54. The van der Waals surface area contributed by atoms with Crippen LogP contribution in [0.4, 0.5) is 5.82 Å². The summed E-state index contributed by atoms with van der Waals surface area (Å²) in [5.74, 6) is 3.44. The van der Waals surface area contributed by atoms with Gasteiger partial charge in [0.1, 0.15) is 5.82 Å². The van der Waals surface area contributed by atoms with Gasteiger partial charge in [-0.25, -0.2) is 4.98 Å². The number of rotatable bonds is 8. The molecule has 6 heteroatoms. The van der Waals surface area contributed by atoms with Gasteiger partial charge in [-0.15, -0.1) is 12.3 Å². The molecule has 1 aromatic rings. The smallest absolute Gasteiger partial charge is 0.220 e. The van der Waals surface area contributed by atoms with Crippen LogP contribution in [0.5, 0.6) is 0 Å². The maximum absolute atomic E-state index is 12.0. The topological polar surface area (TPSA) is 70.0 Å². The molecule has 1 aromatic heterocycles. The molecule has 1 aliphatic rings. The molecule has 1 amide bonds. The zero-order valence-corrected chi connectivity index (χ0v) is 13.0. The lowest BCUT2D eigenvalue weighted by molar-refractivity contribution is -0.121. The fourth-order valence-electron chi connectivity index (χ4n) is 2.23. The first-order valence-corrected chi connectivity index (χ1v) is 7.32. The summed E-state index contributed by atoms with van der Waals surface area (Å²) >= 11 is 0. The van der Waals surface area contributed by atoms with Crippen LogP contribution in [0.15, 0.2) is 28.6 Å². The van der Waals surface area contributed by atoms with Crippen molar-refractivity contribution in [2.24, 2.45) is 10.2 Å². The zero-order valence-electron chi connectivity index (χ0n) is 13.0. The molecule has 2 rings (SSSR count). The summed E-state index contributed by atoms with van der Waals surface area (Å²) in [6, 6.07) is 3.83. The predicted octanol–water partition coefficient (Wildman–Crippen LogP) is 2.12. The van der Waals surface area contributed by atoms with Crippen molar-refractivity contribution in [3.05, 3.63) is 23.9 Å². The van der Waals surface area contributed by atoms with Crippen LogP contribution < -0.4 is 10.2 Å². The van der Waals surface area contributed by atoms with Crippen LogP contribution in [0.3, 0.4) is 0 Å². The molecule has 116 valence electrons. The third-order valence-corrected chi connectivity index (χ3v) is 3.57. The molecule has 1 aliphatic heterocycles. The fraction of sp³-hybridized carbons (Fsp3) is 0.500. The molecule has 1 N–H and O–H groups in total. The van der Waals surface area contributed by atoms with Gasteiger partial charge in [0.15, 0.2) is 5.66 Å².